The van der Waals surface area contributed by atoms with Crippen molar-refractivity contribution in [2.24, 2.45) is 5.92 Å². The fraction of sp³-hybridized carbons (Fsp3) is 0.462. The molecule has 98 valence electrons. The molecule has 1 aliphatic rings. The van der Waals surface area contributed by atoms with Crippen molar-refractivity contribution in [1.29, 1.82) is 0 Å². The molecule has 0 aromatic heterocycles. The first-order valence-electron chi connectivity index (χ1n) is 5.95. The Bertz CT molecular complexity index is 453. The van der Waals surface area contributed by atoms with Crippen LogP contribution in [0.4, 0.5) is 4.39 Å². The van der Waals surface area contributed by atoms with Gasteiger partial charge in [-0.05, 0) is 30.9 Å². The quantitative estimate of drug-likeness (QED) is 0.853. The smallest absolute Gasteiger partial charge is 0.256 e. The lowest BCUT2D eigenvalue weighted by Gasteiger charge is -2.32. The van der Waals surface area contributed by atoms with E-state index < -0.39 is 5.82 Å². The SMILES string of the molecule is O=C(c1ccc(O)cc1F)N1CCCC(CBr)C1. The number of halogens is 2. The molecule has 1 aromatic carbocycles. The fourth-order valence-corrected chi connectivity index (χ4v) is 2.75. The maximum absolute atomic E-state index is 13.6. The normalized spacial score (nSPS) is 19.9. The van der Waals surface area contributed by atoms with Crippen molar-refractivity contribution < 1.29 is 14.3 Å². The minimum atomic E-state index is -0.666. The average molecular weight is 316 g/mol. The Morgan fingerprint density at radius 1 is 1.56 bits per heavy atom. The second-order valence-electron chi connectivity index (χ2n) is 4.58. The molecule has 1 heterocycles. The van der Waals surface area contributed by atoms with Crippen LogP contribution >= 0.6 is 15.9 Å². The number of aromatic hydroxyl groups is 1. The molecular weight excluding hydrogens is 301 g/mol. The highest BCUT2D eigenvalue weighted by molar-refractivity contribution is 9.09. The van der Waals surface area contributed by atoms with Gasteiger partial charge in [-0.3, -0.25) is 4.79 Å². The molecule has 1 amide bonds. The summed E-state index contributed by atoms with van der Waals surface area (Å²) in [6.07, 6.45) is 2.04. The van der Waals surface area contributed by atoms with E-state index in [0.717, 1.165) is 24.2 Å². The van der Waals surface area contributed by atoms with Crippen LogP contribution in [-0.4, -0.2) is 34.3 Å². The minimum Gasteiger partial charge on any atom is -0.508 e. The highest BCUT2D eigenvalue weighted by Crippen LogP contribution is 2.22. The molecule has 1 aromatic rings. The number of hydrogen-bond donors (Lipinski definition) is 1. The Hall–Kier alpha value is -1.10. The Balaban J connectivity index is 2.15. The van der Waals surface area contributed by atoms with E-state index in [1.807, 2.05) is 0 Å². The average Bonchev–Trinajstić information content (AvgIpc) is 2.38. The first-order chi connectivity index (χ1) is 8.61. The van der Waals surface area contributed by atoms with Crippen LogP contribution in [0, 0.1) is 11.7 Å². The van der Waals surface area contributed by atoms with Crippen molar-refractivity contribution in [2.75, 3.05) is 18.4 Å². The predicted molar refractivity (Wildman–Crippen MR) is 70.5 cm³/mol. The van der Waals surface area contributed by atoms with Gasteiger partial charge in [-0.1, -0.05) is 15.9 Å². The predicted octanol–water partition coefficient (Wildman–Crippen LogP) is 2.78. The summed E-state index contributed by atoms with van der Waals surface area (Å²) in [5.74, 6) is -0.692. The van der Waals surface area contributed by atoms with Crippen LogP contribution in [0.3, 0.4) is 0 Å². The van der Waals surface area contributed by atoms with Gasteiger partial charge in [0.1, 0.15) is 11.6 Å². The second-order valence-corrected chi connectivity index (χ2v) is 5.23. The molecule has 2 rings (SSSR count). The van der Waals surface area contributed by atoms with E-state index in [1.165, 1.54) is 12.1 Å². The number of benzene rings is 1. The van der Waals surface area contributed by atoms with Gasteiger partial charge in [0.15, 0.2) is 0 Å². The van der Waals surface area contributed by atoms with Crippen molar-refractivity contribution in [1.82, 2.24) is 4.90 Å². The van der Waals surface area contributed by atoms with Crippen LogP contribution in [-0.2, 0) is 0 Å². The zero-order valence-electron chi connectivity index (χ0n) is 9.90. The molecule has 1 atom stereocenters. The van der Waals surface area contributed by atoms with E-state index in [9.17, 15) is 9.18 Å². The van der Waals surface area contributed by atoms with Crippen LogP contribution in [0.1, 0.15) is 23.2 Å². The number of alkyl halides is 1. The van der Waals surface area contributed by atoms with Crippen molar-refractivity contribution in [3.63, 3.8) is 0 Å². The molecule has 0 aliphatic carbocycles. The van der Waals surface area contributed by atoms with E-state index in [1.54, 1.807) is 4.90 Å². The minimum absolute atomic E-state index is 0.0306. The number of carbonyl (C=O) groups is 1. The highest BCUT2D eigenvalue weighted by atomic mass is 79.9. The molecular formula is C13H15BrFNO2. The van der Waals surface area contributed by atoms with Gasteiger partial charge in [0.2, 0.25) is 0 Å². The lowest BCUT2D eigenvalue weighted by atomic mass is 9.99. The maximum atomic E-state index is 13.6. The number of piperidine rings is 1. The number of phenolic OH excluding ortho intramolecular Hbond substituents is 1. The number of phenols is 1. The third kappa shape index (κ3) is 2.83. The molecule has 1 aliphatic heterocycles. The molecule has 5 heteroatoms. The van der Waals surface area contributed by atoms with Gasteiger partial charge in [-0.2, -0.15) is 0 Å². The first kappa shape index (κ1) is 13.3. The summed E-state index contributed by atoms with van der Waals surface area (Å²) in [5.41, 5.74) is 0.0306. The van der Waals surface area contributed by atoms with Crippen molar-refractivity contribution in [3.8, 4) is 5.75 Å². The Labute approximate surface area is 114 Å². The number of nitrogens with zero attached hydrogens (tertiary/aromatic N) is 1. The highest BCUT2D eigenvalue weighted by Gasteiger charge is 2.25. The van der Waals surface area contributed by atoms with Crippen molar-refractivity contribution in [2.45, 2.75) is 12.8 Å². The summed E-state index contributed by atoms with van der Waals surface area (Å²) in [6.45, 7) is 1.33. The van der Waals surface area contributed by atoms with Gasteiger partial charge in [0, 0.05) is 24.5 Å². The Kier molecular flexibility index (Phi) is 4.22. The van der Waals surface area contributed by atoms with Crippen molar-refractivity contribution in [3.05, 3.63) is 29.6 Å². The van der Waals surface area contributed by atoms with Crippen LogP contribution in [0.5, 0.6) is 5.75 Å². The molecule has 18 heavy (non-hydrogen) atoms. The molecule has 0 saturated carbocycles. The lowest BCUT2D eigenvalue weighted by Crippen LogP contribution is -2.40. The summed E-state index contributed by atoms with van der Waals surface area (Å²) in [6, 6.07) is 3.64. The summed E-state index contributed by atoms with van der Waals surface area (Å²) >= 11 is 3.42. The fourth-order valence-electron chi connectivity index (χ4n) is 2.22. The van der Waals surface area contributed by atoms with Gasteiger partial charge in [-0.15, -0.1) is 0 Å². The van der Waals surface area contributed by atoms with Crippen LogP contribution in [0.2, 0.25) is 0 Å². The van der Waals surface area contributed by atoms with E-state index in [0.29, 0.717) is 19.0 Å². The zero-order valence-corrected chi connectivity index (χ0v) is 11.5. The van der Waals surface area contributed by atoms with E-state index in [-0.39, 0.29) is 17.2 Å². The van der Waals surface area contributed by atoms with Gasteiger partial charge in [-0.25, -0.2) is 4.39 Å². The van der Waals surface area contributed by atoms with Crippen molar-refractivity contribution >= 4 is 21.8 Å². The third-order valence-electron chi connectivity index (χ3n) is 3.21. The Morgan fingerprint density at radius 3 is 3.00 bits per heavy atom. The summed E-state index contributed by atoms with van der Waals surface area (Å²) in [4.78, 5) is 13.9. The molecule has 1 saturated heterocycles. The van der Waals surface area contributed by atoms with Gasteiger partial charge in [0.25, 0.3) is 5.91 Å². The molecule has 1 unspecified atom stereocenters. The monoisotopic (exact) mass is 315 g/mol. The third-order valence-corrected chi connectivity index (χ3v) is 4.12. The number of likely N-dealkylation sites (tertiary alicyclic amines) is 1. The summed E-state index contributed by atoms with van der Waals surface area (Å²) in [7, 11) is 0. The number of hydrogen-bond acceptors (Lipinski definition) is 2. The Morgan fingerprint density at radius 2 is 2.33 bits per heavy atom. The molecule has 3 nitrogen and oxygen atoms in total. The number of rotatable bonds is 2. The molecule has 0 spiro atoms. The summed E-state index contributed by atoms with van der Waals surface area (Å²) < 4.78 is 13.6. The standard InChI is InChI=1S/C13H15BrFNO2/c14-7-9-2-1-5-16(8-9)13(18)11-4-3-10(17)6-12(11)15/h3-4,6,9,17H,1-2,5,7-8H2. The van der Waals surface area contributed by atoms with E-state index in [4.69, 9.17) is 5.11 Å². The molecule has 1 fully saturated rings. The molecule has 0 bridgehead atoms. The number of amides is 1. The first-order valence-corrected chi connectivity index (χ1v) is 7.07. The lowest BCUT2D eigenvalue weighted by molar-refractivity contribution is 0.0681. The van der Waals surface area contributed by atoms with Crippen LogP contribution < -0.4 is 0 Å². The van der Waals surface area contributed by atoms with Gasteiger partial charge in [0.05, 0.1) is 5.56 Å². The molecule has 1 N–H and O–H groups in total. The number of carbonyl (C=O) groups excluding carboxylic acids is 1. The topological polar surface area (TPSA) is 40.5 Å². The zero-order chi connectivity index (χ0) is 13.1. The van der Waals surface area contributed by atoms with Crippen LogP contribution in [0.25, 0.3) is 0 Å². The maximum Gasteiger partial charge on any atom is 0.256 e. The van der Waals surface area contributed by atoms with Crippen LogP contribution in [0.15, 0.2) is 18.2 Å². The summed E-state index contributed by atoms with van der Waals surface area (Å²) in [5, 5.41) is 9.99. The second kappa shape index (κ2) is 5.69. The van der Waals surface area contributed by atoms with Gasteiger partial charge < -0.3 is 10.0 Å². The van der Waals surface area contributed by atoms with E-state index >= 15 is 0 Å². The van der Waals surface area contributed by atoms with E-state index in [2.05, 4.69) is 15.9 Å². The molecule has 0 radical (unpaired) electrons. The largest absolute Gasteiger partial charge is 0.508 e. The van der Waals surface area contributed by atoms with Gasteiger partial charge >= 0.3 is 0 Å².